The van der Waals surface area contributed by atoms with Crippen LogP contribution in [0.15, 0.2) is 60.7 Å². The first-order valence-electron chi connectivity index (χ1n) is 8.59. The summed E-state index contributed by atoms with van der Waals surface area (Å²) in [6.07, 6.45) is 0.417. The zero-order valence-corrected chi connectivity index (χ0v) is 14.5. The van der Waals surface area contributed by atoms with Crippen molar-refractivity contribution in [2.75, 3.05) is 5.32 Å². The summed E-state index contributed by atoms with van der Waals surface area (Å²) in [6, 6.07) is 17.1. The minimum absolute atomic E-state index is 0.152. The van der Waals surface area contributed by atoms with Crippen molar-refractivity contribution in [3.63, 3.8) is 0 Å². The fourth-order valence-corrected chi connectivity index (χ4v) is 3.01. The van der Waals surface area contributed by atoms with Gasteiger partial charge >= 0.3 is 6.03 Å². The van der Waals surface area contributed by atoms with Crippen LogP contribution in [0.25, 0.3) is 0 Å². The van der Waals surface area contributed by atoms with Gasteiger partial charge in [-0.15, -0.1) is 0 Å². The van der Waals surface area contributed by atoms with E-state index in [1.807, 2.05) is 55.5 Å². The Labute approximate surface area is 152 Å². The maximum absolute atomic E-state index is 12.6. The van der Waals surface area contributed by atoms with Gasteiger partial charge in [-0.2, -0.15) is 0 Å². The van der Waals surface area contributed by atoms with Crippen LogP contribution in [0.1, 0.15) is 31.4 Å². The lowest BCUT2D eigenvalue weighted by molar-refractivity contribution is -0.129. The summed E-state index contributed by atoms with van der Waals surface area (Å²) in [5, 5.41) is 5.46. The number of para-hydroxylation sites is 1. The molecule has 3 rings (SSSR count). The van der Waals surface area contributed by atoms with Crippen molar-refractivity contribution in [1.29, 1.82) is 0 Å². The largest absolute Gasteiger partial charge is 0.326 e. The molecule has 26 heavy (non-hydrogen) atoms. The number of rotatable bonds is 6. The molecule has 0 radical (unpaired) electrons. The van der Waals surface area contributed by atoms with Crippen molar-refractivity contribution in [2.45, 2.75) is 31.8 Å². The number of hydrogen-bond acceptors (Lipinski definition) is 3. The predicted molar refractivity (Wildman–Crippen MR) is 98.3 cm³/mol. The molecule has 0 spiro atoms. The lowest BCUT2D eigenvalue weighted by atomic mass is 10.1. The zero-order valence-electron chi connectivity index (χ0n) is 14.5. The standard InChI is InChI=1S/C20H21N3O3/c1-14(15-8-4-2-5-9-15)23-19(25)17(22-20(23)26)12-13-18(24)21-16-10-6-3-7-11-16/h2-11,14,17H,12-13H2,1H3,(H,21,24)(H,22,26)/t14-,17-/m0/s1. The normalized spacial score (nSPS) is 17.7. The van der Waals surface area contributed by atoms with E-state index in [1.54, 1.807) is 12.1 Å². The summed E-state index contributed by atoms with van der Waals surface area (Å²) in [5.41, 5.74) is 1.59. The van der Waals surface area contributed by atoms with Crippen LogP contribution in [0.3, 0.4) is 0 Å². The molecule has 134 valence electrons. The van der Waals surface area contributed by atoms with Gasteiger partial charge in [-0.1, -0.05) is 48.5 Å². The summed E-state index contributed by atoms with van der Waals surface area (Å²) in [4.78, 5) is 38.1. The lowest BCUT2D eigenvalue weighted by Crippen LogP contribution is -2.34. The number of hydrogen-bond donors (Lipinski definition) is 2. The Hall–Kier alpha value is -3.15. The van der Waals surface area contributed by atoms with Crippen molar-refractivity contribution in [3.8, 4) is 0 Å². The minimum atomic E-state index is -0.671. The Balaban J connectivity index is 1.58. The van der Waals surface area contributed by atoms with E-state index in [-0.39, 0.29) is 30.7 Å². The summed E-state index contributed by atoms with van der Waals surface area (Å²) in [7, 11) is 0. The van der Waals surface area contributed by atoms with Gasteiger partial charge in [-0.05, 0) is 31.0 Å². The molecule has 6 heteroatoms. The fourth-order valence-electron chi connectivity index (χ4n) is 3.01. The maximum atomic E-state index is 12.6. The monoisotopic (exact) mass is 351 g/mol. The maximum Gasteiger partial charge on any atom is 0.325 e. The first kappa shape index (κ1) is 17.7. The third-order valence-corrected chi connectivity index (χ3v) is 4.44. The molecule has 4 amide bonds. The van der Waals surface area contributed by atoms with E-state index in [0.29, 0.717) is 5.69 Å². The van der Waals surface area contributed by atoms with E-state index < -0.39 is 12.1 Å². The Morgan fingerprint density at radius 2 is 1.69 bits per heavy atom. The highest BCUT2D eigenvalue weighted by atomic mass is 16.2. The first-order valence-corrected chi connectivity index (χ1v) is 8.59. The van der Waals surface area contributed by atoms with Crippen LogP contribution < -0.4 is 10.6 Å². The fraction of sp³-hybridized carbons (Fsp3) is 0.250. The number of benzene rings is 2. The van der Waals surface area contributed by atoms with Crippen LogP contribution in [-0.4, -0.2) is 28.8 Å². The number of amides is 4. The molecule has 0 bridgehead atoms. The molecule has 1 fully saturated rings. The van der Waals surface area contributed by atoms with Gasteiger partial charge in [0.2, 0.25) is 5.91 Å². The van der Waals surface area contributed by atoms with Gasteiger partial charge in [0.15, 0.2) is 0 Å². The second-order valence-electron chi connectivity index (χ2n) is 6.25. The van der Waals surface area contributed by atoms with Crippen molar-refractivity contribution in [3.05, 3.63) is 66.2 Å². The zero-order chi connectivity index (χ0) is 18.5. The predicted octanol–water partition coefficient (Wildman–Crippen LogP) is 3.09. The van der Waals surface area contributed by atoms with E-state index in [0.717, 1.165) is 5.56 Å². The van der Waals surface area contributed by atoms with Crippen LogP contribution in [0.5, 0.6) is 0 Å². The molecule has 2 aromatic rings. The quantitative estimate of drug-likeness (QED) is 0.785. The molecule has 0 aliphatic carbocycles. The van der Waals surface area contributed by atoms with E-state index in [4.69, 9.17) is 0 Å². The highest BCUT2D eigenvalue weighted by molar-refractivity contribution is 6.05. The molecule has 0 unspecified atom stereocenters. The van der Waals surface area contributed by atoms with Crippen molar-refractivity contribution < 1.29 is 14.4 Å². The van der Waals surface area contributed by atoms with Gasteiger partial charge in [0.1, 0.15) is 6.04 Å². The first-order chi connectivity index (χ1) is 12.6. The number of nitrogens with zero attached hydrogens (tertiary/aromatic N) is 1. The average molecular weight is 351 g/mol. The van der Waals surface area contributed by atoms with Crippen LogP contribution in [0.2, 0.25) is 0 Å². The van der Waals surface area contributed by atoms with E-state index >= 15 is 0 Å². The third-order valence-electron chi connectivity index (χ3n) is 4.44. The van der Waals surface area contributed by atoms with Crippen LogP contribution in [0, 0.1) is 0 Å². The number of anilines is 1. The molecule has 0 saturated carbocycles. The van der Waals surface area contributed by atoms with Gasteiger partial charge in [-0.3, -0.25) is 14.5 Å². The number of imide groups is 1. The second-order valence-corrected chi connectivity index (χ2v) is 6.25. The molecule has 0 aromatic heterocycles. The van der Waals surface area contributed by atoms with Crippen LogP contribution >= 0.6 is 0 Å². The van der Waals surface area contributed by atoms with Gasteiger partial charge in [-0.25, -0.2) is 4.79 Å². The van der Waals surface area contributed by atoms with Crippen LogP contribution in [-0.2, 0) is 9.59 Å². The van der Waals surface area contributed by atoms with Gasteiger partial charge < -0.3 is 10.6 Å². The van der Waals surface area contributed by atoms with Crippen molar-refractivity contribution in [2.24, 2.45) is 0 Å². The number of nitrogens with one attached hydrogen (secondary N) is 2. The Kier molecular flexibility index (Phi) is 5.31. The average Bonchev–Trinajstić information content (AvgIpc) is 2.94. The second kappa shape index (κ2) is 7.82. The molecule has 2 aromatic carbocycles. The molecule has 1 saturated heterocycles. The highest BCUT2D eigenvalue weighted by Gasteiger charge is 2.40. The highest BCUT2D eigenvalue weighted by Crippen LogP contribution is 2.25. The van der Waals surface area contributed by atoms with Crippen LogP contribution in [0.4, 0.5) is 10.5 Å². The van der Waals surface area contributed by atoms with E-state index in [1.165, 1.54) is 4.90 Å². The molecular formula is C20H21N3O3. The van der Waals surface area contributed by atoms with Crippen molar-refractivity contribution >= 4 is 23.5 Å². The van der Waals surface area contributed by atoms with Gasteiger partial charge in [0.05, 0.1) is 6.04 Å². The molecule has 1 aliphatic rings. The third kappa shape index (κ3) is 3.91. The topological polar surface area (TPSA) is 78.5 Å². The number of carbonyl (C=O) groups is 3. The number of carbonyl (C=O) groups excluding carboxylic acids is 3. The molecule has 2 N–H and O–H groups in total. The molecule has 2 atom stereocenters. The molecule has 1 heterocycles. The number of urea groups is 1. The van der Waals surface area contributed by atoms with Gasteiger partial charge in [0.25, 0.3) is 5.91 Å². The molecular weight excluding hydrogens is 330 g/mol. The summed E-state index contributed by atoms with van der Waals surface area (Å²) >= 11 is 0. The SMILES string of the molecule is C[C@@H](c1ccccc1)N1C(=O)N[C@@H](CCC(=O)Nc2ccccc2)C1=O. The summed E-state index contributed by atoms with van der Waals surface area (Å²) in [5.74, 6) is -0.480. The molecule has 6 nitrogen and oxygen atoms in total. The summed E-state index contributed by atoms with van der Waals surface area (Å²) < 4.78 is 0. The van der Waals surface area contributed by atoms with Gasteiger partial charge in [0, 0.05) is 12.1 Å². The molecule has 1 aliphatic heterocycles. The smallest absolute Gasteiger partial charge is 0.325 e. The van der Waals surface area contributed by atoms with E-state index in [2.05, 4.69) is 10.6 Å². The van der Waals surface area contributed by atoms with Crippen molar-refractivity contribution in [1.82, 2.24) is 10.2 Å². The van der Waals surface area contributed by atoms with E-state index in [9.17, 15) is 14.4 Å². The lowest BCUT2D eigenvalue weighted by Gasteiger charge is -2.21. The minimum Gasteiger partial charge on any atom is -0.326 e. The Morgan fingerprint density at radius 1 is 1.08 bits per heavy atom. The summed E-state index contributed by atoms with van der Waals surface area (Å²) in [6.45, 7) is 1.82. The Morgan fingerprint density at radius 3 is 2.35 bits per heavy atom. The Bertz CT molecular complexity index is 792.